The van der Waals surface area contributed by atoms with Crippen LogP contribution in [0.25, 0.3) is 0 Å². The maximum absolute atomic E-state index is 12.8. The van der Waals surface area contributed by atoms with Crippen molar-refractivity contribution in [2.45, 2.75) is 210 Å². The first-order chi connectivity index (χ1) is 27.0. The summed E-state index contributed by atoms with van der Waals surface area (Å²) in [5, 5.41) is 71.6. The third kappa shape index (κ3) is 19.8. The van der Waals surface area contributed by atoms with Crippen molar-refractivity contribution in [2.24, 2.45) is 0 Å². The van der Waals surface area contributed by atoms with Crippen molar-refractivity contribution < 1.29 is 73.8 Å². The minimum absolute atomic E-state index is 0.157. The first kappa shape index (κ1) is 50.4. The Bertz CT molecular complexity index is 1040. The van der Waals surface area contributed by atoms with Crippen molar-refractivity contribution in [3.8, 4) is 0 Å². The third-order valence-electron chi connectivity index (χ3n) is 10.2. The van der Waals surface area contributed by atoms with Gasteiger partial charge in [-0.3, -0.25) is 9.59 Å². The van der Waals surface area contributed by atoms with Crippen LogP contribution in [-0.4, -0.2) is 142 Å². The molecule has 0 amide bonds. The quantitative estimate of drug-likeness (QED) is 0.0302. The maximum atomic E-state index is 12.8. The van der Waals surface area contributed by atoms with E-state index >= 15 is 0 Å². The largest absolute Gasteiger partial charge is 0.462 e. The number of carbonyl (C=O) groups excluding carboxylic acids is 2. The van der Waals surface area contributed by atoms with Gasteiger partial charge in [-0.15, -0.1) is 0 Å². The highest BCUT2D eigenvalue weighted by molar-refractivity contribution is 5.70. The summed E-state index contributed by atoms with van der Waals surface area (Å²) in [7, 11) is 0. The summed E-state index contributed by atoms with van der Waals surface area (Å²) in [6.45, 7) is 2.48. The lowest BCUT2D eigenvalue weighted by Crippen LogP contribution is -2.61. The number of allylic oxidation sites excluding steroid dienone is 2. The molecule has 328 valence electrons. The number of aliphatic hydroxyl groups is 7. The molecule has 2 aliphatic heterocycles. The standard InChI is InChI=1S/C41H74O15/c1-3-5-7-9-11-13-14-16-18-20-22-24-33(44)54-29(26-51-32(43)23-21-19-17-15-12-10-8-6-4-2)27-52-40-39(50)37(48)35(46)31(56-40)28-53-41-38(49)36(47)34(45)30(25-42)55-41/h9,11,29-31,34-42,45-50H,3-8,10,12-28H2,1-2H3/b11-9-. The van der Waals surface area contributed by atoms with E-state index in [0.717, 1.165) is 57.8 Å². The van der Waals surface area contributed by atoms with E-state index in [1.54, 1.807) is 0 Å². The van der Waals surface area contributed by atoms with Gasteiger partial charge in [0.05, 0.1) is 19.8 Å². The lowest BCUT2D eigenvalue weighted by atomic mass is 9.98. The highest BCUT2D eigenvalue weighted by atomic mass is 16.7. The molecule has 0 saturated carbocycles. The Morgan fingerprint density at radius 1 is 0.554 bits per heavy atom. The Labute approximate surface area is 333 Å². The molecule has 2 rings (SSSR count). The van der Waals surface area contributed by atoms with Gasteiger partial charge >= 0.3 is 11.9 Å². The second-order valence-corrected chi connectivity index (χ2v) is 15.2. The van der Waals surface area contributed by atoms with Gasteiger partial charge in [-0.1, -0.05) is 109 Å². The number of hydrogen-bond donors (Lipinski definition) is 7. The molecule has 0 aromatic heterocycles. The van der Waals surface area contributed by atoms with E-state index in [1.165, 1.54) is 44.9 Å². The van der Waals surface area contributed by atoms with E-state index in [1.807, 2.05) is 0 Å². The summed E-state index contributed by atoms with van der Waals surface area (Å²) >= 11 is 0. The molecule has 7 N–H and O–H groups in total. The number of carbonyl (C=O) groups is 2. The Morgan fingerprint density at radius 3 is 1.62 bits per heavy atom. The number of esters is 2. The van der Waals surface area contributed by atoms with Crippen LogP contribution in [0, 0.1) is 0 Å². The zero-order valence-corrected chi connectivity index (χ0v) is 33.9. The molecule has 2 heterocycles. The Kier molecular flexibility index (Phi) is 27.3. The Morgan fingerprint density at radius 2 is 1.04 bits per heavy atom. The zero-order valence-electron chi connectivity index (χ0n) is 33.9. The monoisotopic (exact) mass is 807 g/mol. The fourth-order valence-corrected chi connectivity index (χ4v) is 6.61. The van der Waals surface area contributed by atoms with Gasteiger partial charge in [0.25, 0.3) is 0 Å². The van der Waals surface area contributed by atoms with Gasteiger partial charge in [0.1, 0.15) is 55.4 Å². The van der Waals surface area contributed by atoms with Crippen molar-refractivity contribution in [1.29, 1.82) is 0 Å². The molecule has 0 aromatic carbocycles. The van der Waals surface area contributed by atoms with Crippen LogP contribution in [0.15, 0.2) is 12.2 Å². The number of hydrogen-bond acceptors (Lipinski definition) is 15. The van der Waals surface area contributed by atoms with E-state index in [2.05, 4.69) is 26.0 Å². The topological polar surface area (TPSA) is 231 Å². The average Bonchev–Trinajstić information content (AvgIpc) is 3.19. The van der Waals surface area contributed by atoms with Gasteiger partial charge in [-0.25, -0.2) is 0 Å². The van der Waals surface area contributed by atoms with Gasteiger partial charge in [0.15, 0.2) is 18.7 Å². The molecule has 2 saturated heterocycles. The fourth-order valence-electron chi connectivity index (χ4n) is 6.61. The third-order valence-corrected chi connectivity index (χ3v) is 10.2. The van der Waals surface area contributed by atoms with E-state index in [-0.39, 0.29) is 26.1 Å². The second-order valence-electron chi connectivity index (χ2n) is 15.2. The molecular weight excluding hydrogens is 732 g/mol. The molecule has 0 radical (unpaired) electrons. The molecule has 2 aliphatic rings. The van der Waals surface area contributed by atoms with Crippen molar-refractivity contribution in [2.75, 3.05) is 26.4 Å². The molecule has 15 nitrogen and oxygen atoms in total. The van der Waals surface area contributed by atoms with Crippen molar-refractivity contribution in [1.82, 2.24) is 0 Å². The summed E-state index contributed by atoms with van der Waals surface area (Å²) in [5.74, 6) is -0.939. The molecule has 0 spiro atoms. The normalized spacial score (nSPS) is 28.7. The number of ether oxygens (including phenoxy) is 6. The molecule has 2 fully saturated rings. The van der Waals surface area contributed by atoms with E-state index < -0.39 is 92.7 Å². The maximum Gasteiger partial charge on any atom is 0.306 e. The minimum atomic E-state index is -1.76. The second kappa shape index (κ2) is 30.3. The summed E-state index contributed by atoms with van der Waals surface area (Å²) in [4.78, 5) is 25.4. The predicted octanol–water partition coefficient (Wildman–Crippen LogP) is 3.48. The number of rotatable bonds is 31. The molecule has 11 atom stereocenters. The summed E-state index contributed by atoms with van der Waals surface area (Å²) < 4.78 is 33.3. The first-order valence-corrected chi connectivity index (χ1v) is 21.3. The Hall–Kier alpha value is -1.76. The predicted molar refractivity (Wildman–Crippen MR) is 206 cm³/mol. The number of aliphatic hydroxyl groups excluding tert-OH is 7. The SMILES string of the molecule is CCCC/C=C\CCCCCCCC(=O)OC(COC(=O)CCCCCCCCCCC)COC1OC(COC2OC(CO)C(O)C(O)C2O)C(O)C(O)C1O. The lowest BCUT2D eigenvalue weighted by Gasteiger charge is -2.42. The highest BCUT2D eigenvalue weighted by Gasteiger charge is 2.47. The van der Waals surface area contributed by atoms with Gasteiger partial charge in [0.2, 0.25) is 0 Å². The van der Waals surface area contributed by atoms with Crippen LogP contribution in [0.5, 0.6) is 0 Å². The minimum Gasteiger partial charge on any atom is -0.462 e. The summed E-state index contributed by atoms with van der Waals surface area (Å²) in [5.41, 5.74) is 0. The van der Waals surface area contributed by atoms with Crippen LogP contribution in [0.4, 0.5) is 0 Å². The first-order valence-electron chi connectivity index (χ1n) is 21.3. The molecule has 11 unspecified atom stereocenters. The number of unbranched alkanes of at least 4 members (excludes halogenated alkanes) is 15. The van der Waals surface area contributed by atoms with Crippen LogP contribution >= 0.6 is 0 Å². The van der Waals surface area contributed by atoms with Gasteiger partial charge < -0.3 is 64.2 Å². The molecule has 0 bridgehead atoms. The van der Waals surface area contributed by atoms with E-state index in [4.69, 9.17) is 28.4 Å². The molecule has 0 aliphatic carbocycles. The smallest absolute Gasteiger partial charge is 0.306 e. The lowest BCUT2D eigenvalue weighted by molar-refractivity contribution is -0.332. The van der Waals surface area contributed by atoms with Gasteiger partial charge in [-0.05, 0) is 32.1 Å². The van der Waals surface area contributed by atoms with Crippen LogP contribution in [0.2, 0.25) is 0 Å². The summed E-state index contributed by atoms with van der Waals surface area (Å²) in [6.07, 6.45) is 7.08. The van der Waals surface area contributed by atoms with Gasteiger partial charge in [-0.2, -0.15) is 0 Å². The van der Waals surface area contributed by atoms with Crippen LogP contribution in [0.3, 0.4) is 0 Å². The zero-order chi connectivity index (χ0) is 41.1. The van der Waals surface area contributed by atoms with Crippen molar-refractivity contribution in [3.05, 3.63) is 12.2 Å². The average molecular weight is 807 g/mol. The van der Waals surface area contributed by atoms with Crippen LogP contribution in [-0.2, 0) is 38.0 Å². The molecule has 56 heavy (non-hydrogen) atoms. The van der Waals surface area contributed by atoms with E-state index in [0.29, 0.717) is 12.8 Å². The fraction of sp³-hybridized carbons (Fsp3) is 0.902. The Balaban J connectivity index is 1.89. The summed E-state index contributed by atoms with van der Waals surface area (Å²) in [6, 6.07) is 0. The molecule has 15 heteroatoms. The van der Waals surface area contributed by atoms with Crippen LogP contribution < -0.4 is 0 Å². The van der Waals surface area contributed by atoms with Crippen LogP contribution in [0.1, 0.15) is 142 Å². The van der Waals surface area contributed by atoms with Crippen molar-refractivity contribution >= 4 is 11.9 Å². The highest BCUT2D eigenvalue weighted by Crippen LogP contribution is 2.26. The molecule has 0 aromatic rings. The van der Waals surface area contributed by atoms with Crippen molar-refractivity contribution in [3.63, 3.8) is 0 Å². The molecular formula is C41H74O15. The van der Waals surface area contributed by atoms with E-state index in [9.17, 15) is 45.3 Å². The van der Waals surface area contributed by atoms with Gasteiger partial charge in [0, 0.05) is 12.8 Å².